The highest BCUT2D eigenvalue weighted by molar-refractivity contribution is 6.32. The molecule has 12 nitrogen and oxygen atoms in total. The second kappa shape index (κ2) is 14.8. The molecule has 1 atom stereocenters. The Balaban J connectivity index is 0.00000384. The van der Waals surface area contributed by atoms with Crippen LogP contribution in [-0.4, -0.2) is 93.7 Å². The van der Waals surface area contributed by atoms with Gasteiger partial charge in [0.25, 0.3) is 0 Å². The number of hydrogen-bond donors (Lipinski definition) is 1. The summed E-state index contributed by atoms with van der Waals surface area (Å²) >= 11 is 6.42. The molecule has 2 aliphatic heterocycles. The summed E-state index contributed by atoms with van der Waals surface area (Å²) in [5.74, 6) is 1.79. The summed E-state index contributed by atoms with van der Waals surface area (Å²) in [5, 5.41) is 15.0. The van der Waals surface area contributed by atoms with E-state index in [1.165, 1.54) is 0 Å². The van der Waals surface area contributed by atoms with Crippen molar-refractivity contribution in [2.24, 2.45) is 0 Å². The number of nitrogens with zero attached hydrogens (tertiary/aromatic N) is 8. The molecule has 0 aliphatic carbocycles. The first kappa shape index (κ1) is 31.7. The third kappa shape index (κ3) is 7.68. The number of ether oxygens (including phenoxy) is 3. The van der Waals surface area contributed by atoms with Crippen molar-refractivity contribution in [1.82, 2.24) is 35.1 Å². The van der Waals surface area contributed by atoms with Gasteiger partial charge >= 0.3 is 0 Å². The number of anilines is 3. The fraction of sp³-hybridized carbons (Fsp3) is 0.433. The Bertz CT molecular complexity index is 1480. The first-order chi connectivity index (χ1) is 21.1. The number of nitrogens with one attached hydrogen (secondary N) is 1. The summed E-state index contributed by atoms with van der Waals surface area (Å²) in [7, 11) is 1.68. The van der Waals surface area contributed by atoms with Crippen LogP contribution in [0.2, 0.25) is 5.02 Å². The third-order valence-corrected chi connectivity index (χ3v) is 8.22. The molecule has 0 amide bonds. The number of piperidine rings is 1. The maximum Gasteiger partial charge on any atom is 0.227 e. The van der Waals surface area contributed by atoms with Crippen molar-refractivity contribution in [2.75, 3.05) is 56.7 Å². The predicted octanol–water partition coefficient (Wildman–Crippen LogP) is 4.73. The van der Waals surface area contributed by atoms with Crippen molar-refractivity contribution in [3.63, 3.8) is 0 Å². The molecular formula is C30H37Cl2N9O3. The van der Waals surface area contributed by atoms with E-state index < -0.39 is 0 Å². The third-order valence-electron chi connectivity index (χ3n) is 7.90. The number of tetrazole rings is 1. The summed E-state index contributed by atoms with van der Waals surface area (Å²) in [5.41, 5.74) is 3.69. The minimum atomic E-state index is -0.192. The molecule has 1 N–H and O–H groups in total. The molecule has 0 spiro atoms. The molecule has 0 bridgehead atoms. The number of halogens is 2. The molecule has 6 rings (SSSR count). The first-order valence-electron chi connectivity index (χ1n) is 14.6. The molecule has 2 fully saturated rings. The van der Waals surface area contributed by atoms with Gasteiger partial charge < -0.3 is 24.4 Å². The van der Waals surface area contributed by atoms with Crippen molar-refractivity contribution in [2.45, 2.75) is 38.5 Å². The Morgan fingerprint density at radius 3 is 2.48 bits per heavy atom. The second-order valence-electron chi connectivity index (χ2n) is 10.8. The Kier molecular flexibility index (Phi) is 10.7. The van der Waals surface area contributed by atoms with Crippen molar-refractivity contribution < 1.29 is 14.2 Å². The molecule has 2 saturated heterocycles. The Morgan fingerprint density at radius 1 is 1.00 bits per heavy atom. The van der Waals surface area contributed by atoms with Gasteiger partial charge in [0.1, 0.15) is 23.9 Å². The quantitative estimate of drug-likeness (QED) is 0.259. The van der Waals surface area contributed by atoms with E-state index in [0.717, 1.165) is 80.5 Å². The van der Waals surface area contributed by atoms with Gasteiger partial charge in [0, 0.05) is 61.9 Å². The maximum absolute atomic E-state index is 6.42. The van der Waals surface area contributed by atoms with Crippen LogP contribution in [0.3, 0.4) is 0 Å². The number of rotatable bonds is 10. The largest absolute Gasteiger partial charge is 0.494 e. The van der Waals surface area contributed by atoms with Crippen molar-refractivity contribution in [3.05, 3.63) is 60.1 Å². The van der Waals surface area contributed by atoms with Gasteiger partial charge in [-0.2, -0.15) is 0 Å². The maximum atomic E-state index is 6.42. The van der Waals surface area contributed by atoms with Crippen LogP contribution in [0, 0.1) is 0 Å². The van der Waals surface area contributed by atoms with Gasteiger partial charge in [-0.25, -0.2) is 14.6 Å². The SMILES string of the molecule is COc1cc(N2CCC(N3CCOCC3)CC2)ccc1Nc1ncc(-c2ccc(Cl)c(O[C@@H](C)Cn3cnnn3)c2)cn1.Cl. The van der Waals surface area contributed by atoms with Gasteiger partial charge in [-0.05, 0) is 60.0 Å². The molecule has 4 heterocycles. The summed E-state index contributed by atoms with van der Waals surface area (Å²) in [6.07, 6.45) is 7.21. The summed E-state index contributed by atoms with van der Waals surface area (Å²) in [6, 6.07) is 12.5. The van der Waals surface area contributed by atoms with Crippen LogP contribution in [0.5, 0.6) is 11.5 Å². The fourth-order valence-electron chi connectivity index (χ4n) is 5.63. The van der Waals surface area contributed by atoms with E-state index >= 15 is 0 Å². The molecule has 14 heteroatoms. The average molecular weight is 643 g/mol. The fourth-order valence-corrected chi connectivity index (χ4v) is 5.79. The lowest BCUT2D eigenvalue weighted by Gasteiger charge is -2.40. The molecule has 2 aromatic carbocycles. The molecular weight excluding hydrogens is 605 g/mol. The van der Waals surface area contributed by atoms with Crippen molar-refractivity contribution in [1.29, 1.82) is 0 Å². The number of methoxy groups -OCH3 is 1. The number of benzene rings is 2. The van der Waals surface area contributed by atoms with Gasteiger partial charge in [-0.15, -0.1) is 17.5 Å². The van der Waals surface area contributed by atoms with E-state index in [1.807, 2.05) is 25.1 Å². The topological polar surface area (TPSA) is 116 Å². The minimum absolute atomic E-state index is 0. The van der Waals surface area contributed by atoms with Crippen molar-refractivity contribution in [3.8, 4) is 22.6 Å². The van der Waals surface area contributed by atoms with Gasteiger partial charge in [-0.3, -0.25) is 4.90 Å². The standard InChI is InChI=1S/C30H36ClN9O3.ClH/c1-21(19-40-20-34-36-37-40)43-28-15-22(3-5-26(28)31)23-17-32-30(33-18-23)35-27-6-4-25(16-29(27)41-2)38-9-7-24(8-10-38)39-11-13-42-14-12-39;/h3-6,15-18,20-21,24H,7-14,19H2,1-2H3,(H,32,33,35);1H/t21-;/m0./s1. The lowest BCUT2D eigenvalue weighted by molar-refractivity contribution is 0.0115. The van der Waals surface area contributed by atoms with Crippen LogP contribution < -0.4 is 19.7 Å². The Labute approximate surface area is 268 Å². The molecule has 2 aromatic heterocycles. The van der Waals surface area contributed by atoms with Gasteiger partial charge in [-0.1, -0.05) is 17.7 Å². The van der Waals surface area contributed by atoms with Crippen LogP contribution >= 0.6 is 24.0 Å². The van der Waals surface area contributed by atoms with Gasteiger partial charge in [0.2, 0.25) is 5.95 Å². The summed E-state index contributed by atoms with van der Waals surface area (Å²) < 4.78 is 18.9. The molecule has 0 unspecified atom stereocenters. The van der Waals surface area contributed by atoms with E-state index in [2.05, 4.69) is 52.7 Å². The average Bonchev–Trinajstić information content (AvgIpc) is 3.56. The normalized spacial score (nSPS) is 16.7. The van der Waals surface area contributed by atoms with Gasteiger partial charge in [0.05, 0.1) is 37.6 Å². The van der Waals surface area contributed by atoms with Crippen LogP contribution in [0.15, 0.2) is 55.1 Å². The van der Waals surface area contributed by atoms with Gasteiger partial charge in [0.15, 0.2) is 0 Å². The van der Waals surface area contributed by atoms with E-state index in [1.54, 1.807) is 36.6 Å². The zero-order valence-electron chi connectivity index (χ0n) is 24.8. The molecule has 4 aromatic rings. The van der Waals surface area contributed by atoms with Crippen molar-refractivity contribution >= 4 is 41.3 Å². The molecule has 44 heavy (non-hydrogen) atoms. The summed E-state index contributed by atoms with van der Waals surface area (Å²) in [4.78, 5) is 14.1. The van der Waals surface area contributed by atoms with Crippen LogP contribution in [0.25, 0.3) is 11.1 Å². The molecule has 0 radical (unpaired) electrons. The first-order valence-corrected chi connectivity index (χ1v) is 14.9. The Hall–Kier alpha value is -3.71. The summed E-state index contributed by atoms with van der Waals surface area (Å²) in [6.45, 7) is 8.26. The number of hydrogen-bond acceptors (Lipinski definition) is 11. The van der Waals surface area contributed by atoms with Crippen LogP contribution in [0.4, 0.5) is 17.3 Å². The zero-order chi connectivity index (χ0) is 29.6. The number of aromatic nitrogens is 6. The highest BCUT2D eigenvalue weighted by Gasteiger charge is 2.26. The molecule has 0 saturated carbocycles. The number of morpholine rings is 1. The predicted molar refractivity (Wildman–Crippen MR) is 172 cm³/mol. The van der Waals surface area contributed by atoms with E-state index in [0.29, 0.717) is 29.3 Å². The monoisotopic (exact) mass is 641 g/mol. The molecule has 2 aliphatic rings. The lowest BCUT2D eigenvalue weighted by Crippen LogP contribution is -2.49. The lowest BCUT2D eigenvalue weighted by atomic mass is 10.0. The second-order valence-corrected chi connectivity index (χ2v) is 11.2. The van der Waals surface area contributed by atoms with Crippen LogP contribution in [0.1, 0.15) is 19.8 Å². The minimum Gasteiger partial charge on any atom is -0.494 e. The smallest absolute Gasteiger partial charge is 0.227 e. The van der Waals surface area contributed by atoms with E-state index in [4.69, 9.17) is 25.8 Å². The van der Waals surface area contributed by atoms with Crippen LogP contribution in [-0.2, 0) is 11.3 Å². The van der Waals surface area contributed by atoms with E-state index in [9.17, 15) is 0 Å². The zero-order valence-corrected chi connectivity index (χ0v) is 26.4. The molecule has 234 valence electrons. The Morgan fingerprint density at radius 2 is 1.77 bits per heavy atom. The highest BCUT2D eigenvalue weighted by Crippen LogP contribution is 2.34. The highest BCUT2D eigenvalue weighted by atomic mass is 35.5. The van der Waals surface area contributed by atoms with E-state index in [-0.39, 0.29) is 18.5 Å².